The average molecular weight is 267 g/mol. The van der Waals surface area contributed by atoms with Crippen LogP contribution < -0.4 is 0 Å². The van der Waals surface area contributed by atoms with Crippen LogP contribution in [0.15, 0.2) is 24.4 Å². The summed E-state index contributed by atoms with van der Waals surface area (Å²) in [4.78, 5) is 0. The van der Waals surface area contributed by atoms with Crippen LogP contribution in [0.25, 0.3) is 10.9 Å². The molecule has 0 aliphatic heterocycles. The molecule has 1 N–H and O–H groups in total. The van der Waals surface area contributed by atoms with Crippen LogP contribution >= 0.6 is 0 Å². The first-order valence-electron chi connectivity index (χ1n) is 5.78. The Hall–Kier alpha value is -1.49. The Morgan fingerprint density at radius 2 is 2.00 bits per heavy atom. The highest BCUT2D eigenvalue weighted by molar-refractivity contribution is 7.89. The van der Waals surface area contributed by atoms with Crippen molar-refractivity contribution in [2.45, 2.75) is 25.6 Å². The molecular formula is C13H17NO3S. The lowest BCUT2D eigenvalue weighted by molar-refractivity contribution is 0.475. The van der Waals surface area contributed by atoms with Gasteiger partial charge in [-0.1, -0.05) is 12.1 Å². The van der Waals surface area contributed by atoms with Crippen LogP contribution in [0.2, 0.25) is 0 Å². The van der Waals surface area contributed by atoms with E-state index in [1.807, 2.05) is 30.7 Å². The fraction of sp³-hybridized carbons (Fsp3) is 0.385. The second-order valence-corrected chi connectivity index (χ2v) is 7.04. The Morgan fingerprint density at radius 1 is 1.33 bits per heavy atom. The lowest BCUT2D eigenvalue weighted by Gasteiger charge is -2.09. The molecule has 0 unspecified atom stereocenters. The Morgan fingerprint density at radius 3 is 2.56 bits per heavy atom. The summed E-state index contributed by atoms with van der Waals surface area (Å²) in [6.07, 6.45) is 3.03. The van der Waals surface area contributed by atoms with Gasteiger partial charge in [0.2, 0.25) is 0 Å². The number of para-hydroxylation sites is 1. The highest BCUT2D eigenvalue weighted by atomic mass is 32.2. The Labute approximate surface area is 107 Å². The quantitative estimate of drug-likeness (QED) is 0.929. The summed E-state index contributed by atoms with van der Waals surface area (Å²) in [7, 11) is -3.09. The van der Waals surface area contributed by atoms with Crippen molar-refractivity contribution in [2.24, 2.45) is 0 Å². The maximum atomic E-state index is 11.4. The number of fused-ring (bicyclic) bond motifs is 1. The van der Waals surface area contributed by atoms with Crippen LogP contribution in [-0.4, -0.2) is 24.3 Å². The number of hydrogen-bond donors (Lipinski definition) is 1. The van der Waals surface area contributed by atoms with E-state index in [1.54, 1.807) is 12.1 Å². The molecule has 0 aliphatic carbocycles. The van der Waals surface area contributed by atoms with E-state index in [4.69, 9.17) is 0 Å². The first-order chi connectivity index (χ1) is 8.29. The number of aromatic nitrogens is 1. The summed E-state index contributed by atoms with van der Waals surface area (Å²) < 4.78 is 24.8. The average Bonchev–Trinajstić information content (AvgIpc) is 2.56. The predicted octanol–water partition coefficient (Wildman–Crippen LogP) is 2.47. The lowest BCUT2D eigenvalue weighted by atomic mass is 10.2. The number of aromatic hydroxyl groups is 1. The van der Waals surface area contributed by atoms with Gasteiger partial charge in [-0.05, 0) is 25.5 Å². The van der Waals surface area contributed by atoms with Gasteiger partial charge < -0.3 is 9.67 Å². The molecule has 0 atom stereocenters. The van der Waals surface area contributed by atoms with Gasteiger partial charge in [0.25, 0.3) is 0 Å². The summed E-state index contributed by atoms with van der Waals surface area (Å²) in [5, 5.41) is 10.7. The summed E-state index contributed by atoms with van der Waals surface area (Å²) >= 11 is 0. The zero-order valence-electron chi connectivity index (χ0n) is 10.7. The minimum absolute atomic E-state index is 0.00727. The van der Waals surface area contributed by atoms with Gasteiger partial charge in [0, 0.05) is 23.9 Å². The van der Waals surface area contributed by atoms with Crippen molar-refractivity contribution in [2.75, 3.05) is 6.26 Å². The van der Waals surface area contributed by atoms with E-state index in [9.17, 15) is 13.5 Å². The van der Waals surface area contributed by atoms with Crippen molar-refractivity contribution in [3.63, 3.8) is 0 Å². The maximum absolute atomic E-state index is 11.4. The molecule has 98 valence electrons. The smallest absolute Gasteiger partial charge is 0.151 e. The Bertz CT molecular complexity index is 684. The number of nitrogens with zero attached hydrogens (tertiary/aromatic N) is 1. The van der Waals surface area contributed by atoms with Crippen molar-refractivity contribution in [1.82, 2.24) is 4.57 Å². The fourth-order valence-electron chi connectivity index (χ4n) is 2.17. The predicted molar refractivity (Wildman–Crippen MR) is 72.5 cm³/mol. The molecule has 2 aromatic rings. The standard InChI is InChI=1S/C13H17NO3S/c1-9(2)14-7-10(8-18(3,16)17)11-5-4-6-12(15)13(11)14/h4-7,9,15H,8H2,1-3H3. The minimum Gasteiger partial charge on any atom is -0.506 e. The van der Waals surface area contributed by atoms with Crippen LogP contribution in [0.4, 0.5) is 0 Å². The van der Waals surface area contributed by atoms with Gasteiger partial charge in [0.05, 0.1) is 11.3 Å². The SMILES string of the molecule is CC(C)n1cc(CS(C)(=O)=O)c2cccc(O)c21. The van der Waals surface area contributed by atoms with Crippen molar-refractivity contribution < 1.29 is 13.5 Å². The number of rotatable bonds is 3. The molecule has 0 amide bonds. The normalized spacial score (nSPS) is 12.4. The Balaban J connectivity index is 2.73. The first kappa shape index (κ1) is 13.0. The number of benzene rings is 1. The monoisotopic (exact) mass is 267 g/mol. The summed E-state index contributed by atoms with van der Waals surface area (Å²) in [6, 6.07) is 5.35. The molecule has 0 aliphatic rings. The maximum Gasteiger partial charge on any atom is 0.151 e. The highest BCUT2D eigenvalue weighted by Gasteiger charge is 2.16. The largest absolute Gasteiger partial charge is 0.506 e. The summed E-state index contributed by atoms with van der Waals surface area (Å²) in [5.74, 6) is 0.174. The summed E-state index contributed by atoms with van der Waals surface area (Å²) in [5.41, 5.74) is 1.43. The number of hydrogen-bond acceptors (Lipinski definition) is 3. The first-order valence-corrected chi connectivity index (χ1v) is 7.85. The van der Waals surface area contributed by atoms with Crippen LogP contribution in [0.1, 0.15) is 25.5 Å². The van der Waals surface area contributed by atoms with Crippen molar-refractivity contribution >= 4 is 20.7 Å². The molecule has 0 radical (unpaired) electrons. The molecule has 1 aromatic carbocycles. The third kappa shape index (κ3) is 2.36. The molecule has 5 heteroatoms. The van der Waals surface area contributed by atoms with Crippen molar-refractivity contribution in [1.29, 1.82) is 0 Å². The molecular weight excluding hydrogens is 250 g/mol. The molecule has 0 bridgehead atoms. The molecule has 1 aromatic heterocycles. The number of phenolic OH excluding ortho intramolecular Hbond substituents is 1. The van der Waals surface area contributed by atoms with E-state index in [0.29, 0.717) is 5.52 Å². The van der Waals surface area contributed by atoms with Gasteiger partial charge in [-0.25, -0.2) is 8.42 Å². The van der Waals surface area contributed by atoms with Crippen LogP contribution in [0, 0.1) is 0 Å². The van der Waals surface area contributed by atoms with Crippen LogP contribution in [0.3, 0.4) is 0 Å². The van der Waals surface area contributed by atoms with Gasteiger partial charge in [0.15, 0.2) is 9.84 Å². The van der Waals surface area contributed by atoms with Gasteiger partial charge in [0.1, 0.15) is 5.75 Å². The molecule has 0 saturated heterocycles. The van der Waals surface area contributed by atoms with E-state index < -0.39 is 9.84 Å². The topological polar surface area (TPSA) is 59.3 Å². The minimum atomic E-state index is -3.09. The zero-order valence-corrected chi connectivity index (χ0v) is 11.5. The van der Waals surface area contributed by atoms with Crippen LogP contribution in [-0.2, 0) is 15.6 Å². The third-order valence-corrected chi connectivity index (χ3v) is 3.72. The van der Waals surface area contributed by atoms with E-state index in [1.165, 1.54) is 6.26 Å². The molecule has 0 fully saturated rings. The molecule has 2 rings (SSSR count). The van der Waals surface area contributed by atoms with Crippen LogP contribution in [0.5, 0.6) is 5.75 Å². The fourth-order valence-corrected chi connectivity index (χ4v) is 2.96. The lowest BCUT2D eigenvalue weighted by Crippen LogP contribution is -2.01. The van der Waals surface area contributed by atoms with E-state index in [0.717, 1.165) is 10.9 Å². The van der Waals surface area contributed by atoms with E-state index in [2.05, 4.69) is 0 Å². The molecule has 0 saturated carbocycles. The van der Waals surface area contributed by atoms with Gasteiger partial charge in [-0.3, -0.25) is 0 Å². The second-order valence-electron chi connectivity index (χ2n) is 4.90. The van der Waals surface area contributed by atoms with Crippen molar-refractivity contribution in [3.8, 4) is 5.75 Å². The zero-order chi connectivity index (χ0) is 13.5. The number of phenols is 1. The molecule has 1 heterocycles. The van der Waals surface area contributed by atoms with E-state index in [-0.39, 0.29) is 17.5 Å². The van der Waals surface area contributed by atoms with Gasteiger partial charge in [-0.2, -0.15) is 0 Å². The molecule has 18 heavy (non-hydrogen) atoms. The van der Waals surface area contributed by atoms with Gasteiger partial charge in [-0.15, -0.1) is 0 Å². The van der Waals surface area contributed by atoms with Crippen molar-refractivity contribution in [3.05, 3.63) is 30.0 Å². The Kier molecular flexibility index (Phi) is 3.11. The second kappa shape index (κ2) is 4.31. The number of sulfone groups is 1. The van der Waals surface area contributed by atoms with E-state index >= 15 is 0 Å². The summed E-state index contributed by atoms with van der Waals surface area (Å²) in [6.45, 7) is 3.99. The highest BCUT2D eigenvalue weighted by Crippen LogP contribution is 2.32. The molecule has 0 spiro atoms. The third-order valence-electron chi connectivity index (χ3n) is 2.89. The van der Waals surface area contributed by atoms with Gasteiger partial charge >= 0.3 is 0 Å². The molecule has 4 nitrogen and oxygen atoms in total.